The van der Waals surface area contributed by atoms with Crippen molar-refractivity contribution in [3.05, 3.63) is 71.1 Å². The van der Waals surface area contributed by atoms with E-state index >= 15 is 0 Å². The number of benzene rings is 2. The molecule has 2 aromatic carbocycles. The van der Waals surface area contributed by atoms with Gasteiger partial charge in [0.05, 0.1) is 6.42 Å². The summed E-state index contributed by atoms with van der Waals surface area (Å²) < 4.78 is 10.3. The first kappa shape index (κ1) is 17.2. The fraction of sp³-hybridized carbons (Fsp3) is 0.211. The Bertz CT molecular complexity index is 849. The van der Waals surface area contributed by atoms with Crippen LogP contribution in [0.4, 0.5) is 0 Å². The molecule has 0 aliphatic heterocycles. The summed E-state index contributed by atoms with van der Waals surface area (Å²) in [7, 11) is 0. The van der Waals surface area contributed by atoms with Crippen LogP contribution in [0.15, 0.2) is 59.1 Å². The molecule has 0 saturated carbocycles. The zero-order chi connectivity index (χ0) is 17.6. The smallest absolute Gasteiger partial charge is 0.306 e. The second-order valence-corrected chi connectivity index (χ2v) is 6.14. The SMILES string of the molecule is C[C@@H](CC(=O)OCc1nc(-c2cccc(Cl)c2)no1)c1ccccc1. The predicted octanol–water partition coefficient (Wildman–Crippen LogP) is 4.63. The number of nitrogens with zero attached hydrogens (tertiary/aromatic N) is 2. The lowest BCUT2D eigenvalue weighted by molar-refractivity contribution is -0.146. The number of carbonyl (C=O) groups is 1. The number of carbonyl (C=O) groups excluding carboxylic acids is 1. The van der Waals surface area contributed by atoms with Crippen LogP contribution in [0.2, 0.25) is 5.02 Å². The van der Waals surface area contributed by atoms with E-state index in [1.807, 2.05) is 43.3 Å². The molecule has 0 aliphatic rings. The average Bonchev–Trinajstić information content (AvgIpc) is 3.10. The third-order valence-electron chi connectivity index (χ3n) is 3.75. The molecule has 128 valence electrons. The van der Waals surface area contributed by atoms with Crippen molar-refractivity contribution in [3.63, 3.8) is 0 Å². The van der Waals surface area contributed by atoms with Gasteiger partial charge in [-0.2, -0.15) is 4.98 Å². The van der Waals surface area contributed by atoms with Crippen LogP contribution in [0.25, 0.3) is 11.4 Å². The molecule has 0 saturated heterocycles. The van der Waals surface area contributed by atoms with Crippen LogP contribution in [0.3, 0.4) is 0 Å². The van der Waals surface area contributed by atoms with Gasteiger partial charge >= 0.3 is 5.97 Å². The zero-order valence-electron chi connectivity index (χ0n) is 13.7. The number of rotatable bonds is 6. The van der Waals surface area contributed by atoms with Crippen molar-refractivity contribution < 1.29 is 14.1 Å². The summed E-state index contributed by atoms with van der Waals surface area (Å²) in [5, 5.41) is 4.47. The molecule has 0 radical (unpaired) electrons. The lowest BCUT2D eigenvalue weighted by atomic mass is 9.98. The van der Waals surface area contributed by atoms with Gasteiger partial charge in [0.2, 0.25) is 5.82 Å². The van der Waals surface area contributed by atoms with Gasteiger partial charge in [-0.3, -0.25) is 4.79 Å². The van der Waals surface area contributed by atoms with E-state index in [1.54, 1.807) is 18.2 Å². The van der Waals surface area contributed by atoms with E-state index in [0.717, 1.165) is 11.1 Å². The van der Waals surface area contributed by atoms with Crippen molar-refractivity contribution in [3.8, 4) is 11.4 Å². The van der Waals surface area contributed by atoms with Crippen molar-refractivity contribution in [1.82, 2.24) is 10.1 Å². The molecule has 0 amide bonds. The van der Waals surface area contributed by atoms with Gasteiger partial charge in [-0.15, -0.1) is 0 Å². The summed E-state index contributed by atoms with van der Waals surface area (Å²) in [5.41, 5.74) is 1.84. The van der Waals surface area contributed by atoms with E-state index in [0.29, 0.717) is 17.3 Å². The molecule has 1 heterocycles. The zero-order valence-corrected chi connectivity index (χ0v) is 14.4. The summed E-state index contributed by atoms with van der Waals surface area (Å²) in [4.78, 5) is 16.2. The molecule has 3 rings (SSSR count). The van der Waals surface area contributed by atoms with Crippen LogP contribution >= 0.6 is 11.6 Å². The summed E-state index contributed by atoms with van der Waals surface area (Å²) in [6, 6.07) is 17.0. The fourth-order valence-electron chi connectivity index (χ4n) is 2.41. The maximum atomic E-state index is 12.0. The van der Waals surface area contributed by atoms with Crippen LogP contribution in [0.1, 0.15) is 30.7 Å². The van der Waals surface area contributed by atoms with Gasteiger partial charge in [0.25, 0.3) is 5.89 Å². The topological polar surface area (TPSA) is 65.2 Å². The van der Waals surface area contributed by atoms with E-state index in [1.165, 1.54) is 0 Å². The third-order valence-corrected chi connectivity index (χ3v) is 3.98. The monoisotopic (exact) mass is 356 g/mol. The minimum atomic E-state index is -0.307. The maximum absolute atomic E-state index is 12.0. The number of esters is 1. The quantitative estimate of drug-likeness (QED) is 0.602. The van der Waals surface area contributed by atoms with Crippen molar-refractivity contribution >= 4 is 17.6 Å². The van der Waals surface area contributed by atoms with E-state index < -0.39 is 0 Å². The molecule has 0 fully saturated rings. The molecule has 5 nitrogen and oxygen atoms in total. The lowest BCUT2D eigenvalue weighted by Gasteiger charge is -2.10. The Morgan fingerprint density at radius 2 is 2.00 bits per heavy atom. The highest BCUT2D eigenvalue weighted by Crippen LogP contribution is 2.21. The van der Waals surface area contributed by atoms with E-state index in [-0.39, 0.29) is 24.4 Å². The highest BCUT2D eigenvalue weighted by atomic mass is 35.5. The standard InChI is InChI=1S/C19H17ClN2O3/c1-13(14-6-3-2-4-7-14)10-18(23)24-12-17-21-19(22-25-17)15-8-5-9-16(20)11-15/h2-9,11,13H,10,12H2,1H3/t13-/m0/s1. The Kier molecular flexibility index (Phi) is 5.46. The number of halogens is 1. The Balaban J connectivity index is 1.54. The van der Waals surface area contributed by atoms with E-state index in [2.05, 4.69) is 10.1 Å². The summed E-state index contributed by atoms with van der Waals surface area (Å²) in [6.07, 6.45) is 0.291. The van der Waals surface area contributed by atoms with Crippen LogP contribution in [-0.4, -0.2) is 16.1 Å². The molecule has 6 heteroatoms. The Hall–Kier alpha value is -2.66. The van der Waals surface area contributed by atoms with Gasteiger partial charge in [-0.25, -0.2) is 0 Å². The number of hydrogen-bond donors (Lipinski definition) is 0. The van der Waals surface area contributed by atoms with Gasteiger partial charge in [0.15, 0.2) is 6.61 Å². The Morgan fingerprint density at radius 1 is 1.20 bits per heavy atom. The first-order valence-corrected chi connectivity index (χ1v) is 8.28. The highest BCUT2D eigenvalue weighted by molar-refractivity contribution is 6.30. The van der Waals surface area contributed by atoms with Crippen molar-refractivity contribution in [2.24, 2.45) is 0 Å². The normalized spacial score (nSPS) is 11.9. The minimum absolute atomic E-state index is 0.0477. The van der Waals surface area contributed by atoms with E-state index in [4.69, 9.17) is 20.9 Å². The number of aromatic nitrogens is 2. The molecule has 1 aromatic heterocycles. The Morgan fingerprint density at radius 3 is 2.76 bits per heavy atom. The minimum Gasteiger partial charge on any atom is -0.456 e. The van der Waals surface area contributed by atoms with Crippen LogP contribution in [0, 0.1) is 0 Å². The Labute approximate surface area is 150 Å². The van der Waals surface area contributed by atoms with Gasteiger partial charge in [-0.1, -0.05) is 66.1 Å². The molecule has 1 atom stereocenters. The third kappa shape index (κ3) is 4.67. The van der Waals surface area contributed by atoms with Crippen LogP contribution < -0.4 is 0 Å². The van der Waals surface area contributed by atoms with E-state index in [9.17, 15) is 4.79 Å². The second kappa shape index (κ2) is 7.94. The highest BCUT2D eigenvalue weighted by Gasteiger charge is 2.15. The molecule has 0 bridgehead atoms. The second-order valence-electron chi connectivity index (χ2n) is 5.70. The fourth-order valence-corrected chi connectivity index (χ4v) is 2.60. The number of hydrogen-bond acceptors (Lipinski definition) is 5. The molecular weight excluding hydrogens is 340 g/mol. The molecule has 0 spiro atoms. The largest absolute Gasteiger partial charge is 0.456 e. The van der Waals surface area contributed by atoms with Gasteiger partial charge < -0.3 is 9.26 Å². The lowest BCUT2D eigenvalue weighted by Crippen LogP contribution is -2.08. The summed E-state index contributed by atoms with van der Waals surface area (Å²) in [6.45, 7) is 1.94. The first-order valence-electron chi connectivity index (χ1n) is 7.91. The van der Waals surface area contributed by atoms with Crippen molar-refractivity contribution in [2.75, 3.05) is 0 Å². The van der Waals surface area contributed by atoms with Crippen LogP contribution in [-0.2, 0) is 16.1 Å². The molecule has 0 aliphatic carbocycles. The predicted molar refractivity (Wildman–Crippen MR) is 94.0 cm³/mol. The average molecular weight is 357 g/mol. The molecular formula is C19H17ClN2O3. The van der Waals surface area contributed by atoms with Crippen molar-refractivity contribution in [1.29, 1.82) is 0 Å². The number of ether oxygens (including phenoxy) is 1. The van der Waals surface area contributed by atoms with Gasteiger partial charge in [-0.05, 0) is 23.6 Å². The summed E-state index contributed by atoms with van der Waals surface area (Å²) >= 11 is 5.95. The molecule has 25 heavy (non-hydrogen) atoms. The molecule has 3 aromatic rings. The van der Waals surface area contributed by atoms with Gasteiger partial charge in [0, 0.05) is 10.6 Å². The first-order chi connectivity index (χ1) is 12.1. The van der Waals surface area contributed by atoms with Gasteiger partial charge in [0.1, 0.15) is 0 Å². The molecule has 0 unspecified atom stereocenters. The summed E-state index contributed by atoms with van der Waals surface area (Å²) in [5.74, 6) is 0.430. The van der Waals surface area contributed by atoms with Crippen molar-refractivity contribution in [2.45, 2.75) is 25.9 Å². The maximum Gasteiger partial charge on any atom is 0.306 e. The van der Waals surface area contributed by atoms with Crippen LogP contribution in [0.5, 0.6) is 0 Å². The molecule has 0 N–H and O–H groups in total.